The fourth-order valence-electron chi connectivity index (χ4n) is 1.13. The van der Waals surface area contributed by atoms with Crippen LogP contribution in [0.15, 0.2) is 12.2 Å². The second kappa shape index (κ2) is 3.58. The van der Waals surface area contributed by atoms with Crippen molar-refractivity contribution in [3.05, 3.63) is 12.2 Å². The van der Waals surface area contributed by atoms with Crippen LogP contribution < -0.4 is 0 Å². The Bertz CT molecular complexity index is 167. The monoisotopic (exact) mass is 170 g/mol. The minimum absolute atomic E-state index is 0.133. The van der Waals surface area contributed by atoms with E-state index in [4.69, 9.17) is 9.47 Å². The van der Waals surface area contributed by atoms with Gasteiger partial charge in [0.2, 0.25) is 0 Å². The summed E-state index contributed by atoms with van der Waals surface area (Å²) >= 11 is 0. The highest BCUT2D eigenvalue weighted by molar-refractivity contribution is 4.92. The maximum absolute atomic E-state index is 5.64. The molecule has 0 bridgehead atoms. The number of rotatable bonds is 1. The molecule has 0 radical (unpaired) electrons. The Labute approximate surface area is 74.6 Å². The van der Waals surface area contributed by atoms with Gasteiger partial charge in [-0.3, -0.25) is 0 Å². The van der Waals surface area contributed by atoms with Gasteiger partial charge in [0.25, 0.3) is 0 Å². The summed E-state index contributed by atoms with van der Waals surface area (Å²) in [6.45, 7) is 8.15. The number of hydrogen-bond acceptors (Lipinski definition) is 2. The Kier molecular flexibility index (Phi) is 2.91. The summed E-state index contributed by atoms with van der Waals surface area (Å²) in [5.74, 6) is 0. The third-order valence-corrected chi connectivity index (χ3v) is 1.60. The molecule has 0 aliphatic carbocycles. The molecule has 2 heteroatoms. The van der Waals surface area contributed by atoms with Crippen molar-refractivity contribution in [1.82, 2.24) is 0 Å². The Morgan fingerprint density at radius 3 is 2.58 bits per heavy atom. The van der Waals surface area contributed by atoms with Crippen LogP contribution in [-0.4, -0.2) is 18.0 Å². The lowest BCUT2D eigenvalue weighted by molar-refractivity contribution is -0.191. The summed E-state index contributed by atoms with van der Waals surface area (Å²) in [7, 11) is 0. The zero-order valence-corrected chi connectivity index (χ0v) is 8.33. The van der Waals surface area contributed by atoms with Gasteiger partial charge < -0.3 is 9.47 Å². The SMILES string of the molecule is CC1CC=CC(OC(C)(C)C)O1. The average molecular weight is 170 g/mol. The first-order chi connectivity index (χ1) is 5.47. The van der Waals surface area contributed by atoms with Crippen molar-refractivity contribution >= 4 is 0 Å². The molecule has 0 spiro atoms. The van der Waals surface area contributed by atoms with Gasteiger partial charge in [0.05, 0.1) is 11.7 Å². The van der Waals surface area contributed by atoms with Crippen molar-refractivity contribution in [2.24, 2.45) is 0 Å². The van der Waals surface area contributed by atoms with E-state index < -0.39 is 0 Å². The van der Waals surface area contributed by atoms with Gasteiger partial charge in [-0.25, -0.2) is 0 Å². The predicted molar refractivity (Wildman–Crippen MR) is 48.9 cm³/mol. The smallest absolute Gasteiger partial charge is 0.177 e. The van der Waals surface area contributed by atoms with Gasteiger partial charge in [-0.2, -0.15) is 0 Å². The Morgan fingerprint density at radius 2 is 2.08 bits per heavy atom. The first kappa shape index (κ1) is 9.75. The summed E-state index contributed by atoms with van der Waals surface area (Å²) in [6.07, 6.45) is 5.20. The van der Waals surface area contributed by atoms with Crippen LogP contribution in [0, 0.1) is 0 Å². The van der Waals surface area contributed by atoms with E-state index >= 15 is 0 Å². The highest BCUT2D eigenvalue weighted by Crippen LogP contribution is 2.18. The average Bonchev–Trinajstić information content (AvgIpc) is 1.82. The van der Waals surface area contributed by atoms with E-state index in [0.29, 0.717) is 0 Å². The second-order valence-corrected chi connectivity index (χ2v) is 4.21. The van der Waals surface area contributed by atoms with E-state index in [0.717, 1.165) is 6.42 Å². The lowest BCUT2D eigenvalue weighted by Crippen LogP contribution is -2.32. The van der Waals surface area contributed by atoms with Crippen LogP contribution in [0.2, 0.25) is 0 Å². The highest BCUT2D eigenvalue weighted by Gasteiger charge is 2.20. The van der Waals surface area contributed by atoms with Crippen LogP contribution in [0.1, 0.15) is 34.1 Å². The fraction of sp³-hybridized carbons (Fsp3) is 0.800. The van der Waals surface area contributed by atoms with Gasteiger partial charge >= 0.3 is 0 Å². The zero-order valence-electron chi connectivity index (χ0n) is 8.33. The van der Waals surface area contributed by atoms with Gasteiger partial charge in [-0.15, -0.1) is 0 Å². The molecule has 70 valence electrons. The lowest BCUT2D eigenvalue weighted by atomic mass is 10.2. The summed E-state index contributed by atoms with van der Waals surface area (Å²) < 4.78 is 11.2. The van der Waals surface area contributed by atoms with E-state index in [1.165, 1.54) is 0 Å². The van der Waals surface area contributed by atoms with Gasteiger partial charge in [0.1, 0.15) is 0 Å². The Balaban J connectivity index is 2.43. The molecule has 1 aliphatic heterocycles. The standard InChI is InChI=1S/C10H18O2/c1-8-6-5-7-9(11-8)12-10(2,3)4/h5,7-9H,6H2,1-4H3. The topological polar surface area (TPSA) is 18.5 Å². The van der Waals surface area contributed by atoms with Crippen LogP contribution in [-0.2, 0) is 9.47 Å². The van der Waals surface area contributed by atoms with E-state index in [1.807, 2.05) is 26.8 Å². The third kappa shape index (κ3) is 3.37. The quantitative estimate of drug-likeness (QED) is 0.563. The van der Waals surface area contributed by atoms with E-state index in [-0.39, 0.29) is 18.0 Å². The highest BCUT2D eigenvalue weighted by atomic mass is 16.7. The molecule has 0 aromatic rings. The van der Waals surface area contributed by atoms with E-state index in [1.54, 1.807) is 0 Å². The Hall–Kier alpha value is -0.340. The molecule has 2 nitrogen and oxygen atoms in total. The summed E-state index contributed by atoms with van der Waals surface area (Å²) in [4.78, 5) is 0. The molecule has 2 atom stereocenters. The maximum atomic E-state index is 5.64. The van der Waals surface area contributed by atoms with Crippen molar-refractivity contribution < 1.29 is 9.47 Å². The fourth-order valence-corrected chi connectivity index (χ4v) is 1.13. The molecule has 0 saturated carbocycles. The first-order valence-electron chi connectivity index (χ1n) is 4.47. The van der Waals surface area contributed by atoms with Crippen molar-refractivity contribution in [1.29, 1.82) is 0 Å². The van der Waals surface area contributed by atoms with Gasteiger partial charge in [-0.1, -0.05) is 6.08 Å². The molecule has 0 N–H and O–H groups in total. The normalized spacial score (nSPS) is 30.7. The Morgan fingerprint density at radius 1 is 1.42 bits per heavy atom. The summed E-state index contributed by atoms with van der Waals surface area (Å²) in [6, 6.07) is 0. The molecule has 0 amide bonds. The largest absolute Gasteiger partial charge is 0.346 e. The van der Waals surface area contributed by atoms with Gasteiger partial charge in [0.15, 0.2) is 6.29 Å². The third-order valence-electron chi connectivity index (χ3n) is 1.60. The first-order valence-corrected chi connectivity index (χ1v) is 4.47. The summed E-state index contributed by atoms with van der Waals surface area (Å²) in [5.41, 5.74) is -0.133. The van der Waals surface area contributed by atoms with Crippen molar-refractivity contribution in [2.45, 2.75) is 52.1 Å². The molecule has 1 rings (SSSR count). The van der Waals surface area contributed by atoms with E-state index in [9.17, 15) is 0 Å². The van der Waals surface area contributed by atoms with Crippen LogP contribution in [0.3, 0.4) is 0 Å². The number of ether oxygens (including phenoxy) is 2. The molecule has 0 saturated heterocycles. The van der Waals surface area contributed by atoms with Crippen LogP contribution in [0.25, 0.3) is 0 Å². The van der Waals surface area contributed by atoms with Crippen molar-refractivity contribution in [3.63, 3.8) is 0 Å². The van der Waals surface area contributed by atoms with Crippen LogP contribution in [0.4, 0.5) is 0 Å². The molecule has 12 heavy (non-hydrogen) atoms. The molecule has 1 aliphatic rings. The lowest BCUT2D eigenvalue weighted by Gasteiger charge is -2.29. The van der Waals surface area contributed by atoms with E-state index in [2.05, 4.69) is 13.0 Å². The minimum Gasteiger partial charge on any atom is -0.346 e. The number of hydrogen-bond donors (Lipinski definition) is 0. The van der Waals surface area contributed by atoms with Crippen LogP contribution in [0.5, 0.6) is 0 Å². The predicted octanol–water partition coefficient (Wildman–Crippen LogP) is 2.49. The molecule has 2 unspecified atom stereocenters. The molecular formula is C10H18O2. The molecular weight excluding hydrogens is 152 g/mol. The summed E-state index contributed by atoms with van der Waals surface area (Å²) in [5, 5.41) is 0. The zero-order chi connectivity index (χ0) is 9.19. The molecule has 0 fully saturated rings. The molecule has 0 aromatic carbocycles. The van der Waals surface area contributed by atoms with Crippen molar-refractivity contribution in [3.8, 4) is 0 Å². The minimum atomic E-state index is -0.159. The van der Waals surface area contributed by atoms with Crippen molar-refractivity contribution in [2.75, 3.05) is 0 Å². The van der Waals surface area contributed by atoms with Gasteiger partial charge in [-0.05, 0) is 40.2 Å². The molecule has 0 aromatic heterocycles. The van der Waals surface area contributed by atoms with Crippen LogP contribution >= 0.6 is 0 Å². The molecule has 1 heterocycles. The van der Waals surface area contributed by atoms with Gasteiger partial charge in [0, 0.05) is 0 Å². The maximum Gasteiger partial charge on any atom is 0.177 e. The second-order valence-electron chi connectivity index (χ2n) is 4.21.